The quantitative estimate of drug-likeness (QED) is 0.373. The van der Waals surface area contributed by atoms with Crippen LogP contribution in [-0.4, -0.2) is 37.5 Å². The number of ether oxygens (including phenoxy) is 1. The second-order valence-electron chi connectivity index (χ2n) is 8.82. The van der Waals surface area contributed by atoms with E-state index in [0.29, 0.717) is 38.5 Å². The molecular weight excluding hydrogens is 408 g/mol. The molecule has 0 unspecified atom stereocenters. The van der Waals surface area contributed by atoms with E-state index in [0.717, 1.165) is 0 Å². The maximum Gasteiger partial charge on any atom is 0.419 e. The van der Waals surface area contributed by atoms with Crippen molar-refractivity contribution in [1.29, 1.82) is 0 Å². The highest BCUT2D eigenvalue weighted by atomic mass is 16.6. The normalized spacial score (nSPS) is 14.0. The van der Waals surface area contributed by atoms with Crippen LogP contribution in [0.25, 0.3) is 38.5 Å². The summed E-state index contributed by atoms with van der Waals surface area (Å²) in [6, 6.07) is 14.6. The van der Waals surface area contributed by atoms with Gasteiger partial charge in [0.05, 0.1) is 22.1 Å². The molecule has 0 radical (unpaired) electrons. The Kier molecular flexibility index (Phi) is 3.45. The van der Waals surface area contributed by atoms with Crippen LogP contribution >= 0.6 is 0 Å². The highest BCUT2D eigenvalue weighted by Gasteiger charge is 2.37. The van der Waals surface area contributed by atoms with Crippen LogP contribution in [0.4, 0.5) is 4.79 Å². The third-order valence-corrected chi connectivity index (χ3v) is 5.60. The molecule has 8 nitrogen and oxygen atoms in total. The zero-order chi connectivity index (χ0) is 22.4. The molecular formula is C24H18N4O4. The topological polar surface area (TPSA) is 94.7 Å². The lowest BCUT2D eigenvalue weighted by Gasteiger charge is -2.20. The minimum atomic E-state index is -0.727. The number of hydrogen-bond acceptors (Lipinski definition) is 5. The van der Waals surface area contributed by atoms with Crippen molar-refractivity contribution in [3.8, 4) is 0 Å². The standard InChI is InChI=1S/C24H18N4O4/c1-24(2,3)32-23(31)28-14-10-6-4-8-12(14)16-17-19(22(30)26-21(17)29)27-15-11-7-5-9-13(15)25-20(27)18(16)28/h4-11H,1-3H3,(H,26,29,30). The summed E-state index contributed by atoms with van der Waals surface area (Å²) in [6.45, 7) is 5.38. The minimum Gasteiger partial charge on any atom is -0.443 e. The molecule has 1 aliphatic heterocycles. The second-order valence-corrected chi connectivity index (χ2v) is 8.82. The molecule has 1 N–H and O–H groups in total. The zero-order valence-electron chi connectivity index (χ0n) is 17.6. The van der Waals surface area contributed by atoms with Gasteiger partial charge in [-0.2, -0.15) is 0 Å². The molecule has 0 bridgehead atoms. The molecule has 6 rings (SSSR count). The summed E-state index contributed by atoms with van der Waals surface area (Å²) in [5, 5.41) is 3.59. The molecule has 8 heteroatoms. The lowest BCUT2D eigenvalue weighted by molar-refractivity contribution is 0.0551. The monoisotopic (exact) mass is 426 g/mol. The smallest absolute Gasteiger partial charge is 0.419 e. The zero-order valence-corrected chi connectivity index (χ0v) is 17.6. The summed E-state index contributed by atoms with van der Waals surface area (Å²) in [7, 11) is 0. The van der Waals surface area contributed by atoms with Gasteiger partial charge in [0.1, 0.15) is 16.8 Å². The van der Waals surface area contributed by atoms with Crippen LogP contribution in [0.2, 0.25) is 0 Å². The Morgan fingerprint density at radius 1 is 0.969 bits per heavy atom. The van der Waals surface area contributed by atoms with Crippen LogP contribution in [0.5, 0.6) is 0 Å². The molecule has 0 aliphatic carbocycles. The summed E-state index contributed by atoms with van der Waals surface area (Å²) in [5.41, 5.74) is 2.47. The van der Waals surface area contributed by atoms with Crippen molar-refractivity contribution in [2.75, 3.05) is 0 Å². The molecule has 32 heavy (non-hydrogen) atoms. The fraction of sp³-hybridized carbons (Fsp3) is 0.167. The van der Waals surface area contributed by atoms with E-state index in [4.69, 9.17) is 9.72 Å². The minimum absolute atomic E-state index is 0.221. The number of hydrogen-bond donors (Lipinski definition) is 1. The van der Waals surface area contributed by atoms with E-state index in [1.165, 1.54) is 4.57 Å². The van der Waals surface area contributed by atoms with E-state index in [1.807, 2.05) is 42.5 Å². The Labute approximate surface area is 181 Å². The molecule has 3 aromatic heterocycles. The molecule has 0 saturated carbocycles. The van der Waals surface area contributed by atoms with Crippen molar-refractivity contribution in [3.05, 3.63) is 59.8 Å². The first-order valence-electron chi connectivity index (χ1n) is 10.2. The molecule has 0 spiro atoms. The number of imide groups is 1. The van der Waals surface area contributed by atoms with Crippen molar-refractivity contribution in [3.63, 3.8) is 0 Å². The van der Waals surface area contributed by atoms with Crippen molar-refractivity contribution in [1.82, 2.24) is 19.3 Å². The molecule has 0 fully saturated rings. The Morgan fingerprint density at radius 2 is 1.66 bits per heavy atom. The molecule has 2 aromatic carbocycles. The summed E-state index contributed by atoms with van der Waals surface area (Å²) < 4.78 is 8.82. The van der Waals surface area contributed by atoms with Crippen molar-refractivity contribution >= 4 is 56.4 Å². The number of pyridine rings is 1. The Hall–Kier alpha value is -4.20. The first kappa shape index (κ1) is 18.6. The Balaban J connectivity index is 1.92. The largest absolute Gasteiger partial charge is 0.443 e. The number of benzene rings is 2. The first-order valence-corrected chi connectivity index (χ1v) is 10.2. The van der Waals surface area contributed by atoms with Gasteiger partial charge >= 0.3 is 6.09 Å². The average molecular weight is 426 g/mol. The SMILES string of the molecule is CC(C)(C)OC(=O)n1c2ccccc2c2c3c(n4c5ccccc5nc4c21)C(=O)NC3=O. The Bertz CT molecular complexity index is 1670. The summed E-state index contributed by atoms with van der Waals surface area (Å²) in [6.07, 6.45) is -0.581. The van der Waals surface area contributed by atoms with Gasteiger partial charge in [-0.1, -0.05) is 30.3 Å². The number of aromatic nitrogens is 3. The molecule has 1 aliphatic rings. The number of carbonyl (C=O) groups excluding carboxylic acids is 3. The number of amides is 2. The van der Waals surface area contributed by atoms with Gasteiger partial charge in [0.2, 0.25) is 0 Å². The fourth-order valence-electron chi connectivity index (χ4n) is 4.50. The lowest BCUT2D eigenvalue weighted by Crippen LogP contribution is -2.27. The maximum atomic E-state index is 13.4. The molecule has 158 valence electrons. The van der Waals surface area contributed by atoms with E-state index < -0.39 is 23.5 Å². The predicted octanol–water partition coefficient (Wildman–Crippen LogP) is 4.26. The number of carbonyl (C=O) groups is 3. The number of rotatable bonds is 0. The number of imidazole rings is 1. The molecule has 0 saturated heterocycles. The van der Waals surface area contributed by atoms with E-state index in [2.05, 4.69) is 5.32 Å². The van der Waals surface area contributed by atoms with Crippen LogP contribution in [0, 0.1) is 0 Å². The average Bonchev–Trinajstić information content (AvgIpc) is 3.36. The van der Waals surface area contributed by atoms with E-state index in [-0.39, 0.29) is 11.3 Å². The van der Waals surface area contributed by atoms with Crippen molar-refractivity contribution in [2.24, 2.45) is 0 Å². The number of nitrogens with zero attached hydrogens (tertiary/aromatic N) is 3. The van der Waals surface area contributed by atoms with Crippen LogP contribution in [0.15, 0.2) is 48.5 Å². The third kappa shape index (κ3) is 2.31. The lowest BCUT2D eigenvalue weighted by atomic mass is 10.1. The van der Waals surface area contributed by atoms with Crippen molar-refractivity contribution in [2.45, 2.75) is 26.4 Å². The Morgan fingerprint density at radius 3 is 2.41 bits per heavy atom. The third-order valence-electron chi connectivity index (χ3n) is 5.60. The van der Waals surface area contributed by atoms with Gasteiger partial charge in [0, 0.05) is 10.8 Å². The molecule has 4 heterocycles. The fourth-order valence-corrected chi connectivity index (χ4v) is 4.50. The highest BCUT2D eigenvalue weighted by Crippen LogP contribution is 2.39. The van der Waals surface area contributed by atoms with Gasteiger partial charge in [-0.05, 0) is 39.0 Å². The van der Waals surface area contributed by atoms with Gasteiger partial charge in [-0.15, -0.1) is 0 Å². The van der Waals surface area contributed by atoms with Gasteiger partial charge in [0.15, 0.2) is 5.65 Å². The van der Waals surface area contributed by atoms with Crippen molar-refractivity contribution < 1.29 is 19.1 Å². The number of nitrogens with one attached hydrogen (secondary N) is 1. The molecule has 5 aromatic rings. The predicted molar refractivity (Wildman–Crippen MR) is 119 cm³/mol. The van der Waals surface area contributed by atoms with Crippen LogP contribution in [0.1, 0.15) is 41.6 Å². The second kappa shape index (κ2) is 5.94. The van der Waals surface area contributed by atoms with Crippen LogP contribution in [-0.2, 0) is 4.74 Å². The van der Waals surface area contributed by atoms with Crippen LogP contribution in [0.3, 0.4) is 0 Å². The summed E-state index contributed by atoms with van der Waals surface area (Å²) in [5.74, 6) is -0.990. The first-order chi connectivity index (χ1) is 15.3. The van der Waals surface area contributed by atoms with E-state index in [1.54, 1.807) is 31.2 Å². The van der Waals surface area contributed by atoms with E-state index >= 15 is 0 Å². The van der Waals surface area contributed by atoms with Gasteiger partial charge in [-0.3, -0.25) is 19.3 Å². The number of para-hydroxylation sites is 3. The van der Waals surface area contributed by atoms with Gasteiger partial charge in [-0.25, -0.2) is 14.3 Å². The number of fused-ring (bicyclic) bond motifs is 10. The van der Waals surface area contributed by atoms with E-state index in [9.17, 15) is 14.4 Å². The van der Waals surface area contributed by atoms with Gasteiger partial charge < -0.3 is 4.74 Å². The molecule has 2 amide bonds. The van der Waals surface area contributed by atoms with Gasteiger partial charge in [0.25, 0.3) is 11.8 Å². The summed E-state index contributed by atoms with van der Waals surface area (Å²) >= 11 is 0. The molecule has 0 atom stereocenters. The highest BCUT2D eigenvalue weighted by molar-refractivity contribution is 6.32. The summed E-state index contributed by atoms with van der Waals surface area (Å²) in [4.78, 5) is 44.0. The maximum absolute atomic E-state index is 13.4. The van der Waals surface area contributed by atoms with Crippen LogP contribution < -0.4 is 5.32 Å².